The Bertz CT molecular complexity index is 1460. The summed E-state index contributed by atoms with van der Waals surface area (Å²) in [7, 11) is 4.72. The zero-order chi connectivity index (χ0) is 31.0. The van der Waals surface area contributed by atoms with Crippen molar-refractivity contribution in [2.75, 3.05) is 33.2 Å². The number of benzene rings is 2. The Hall–Kier alpha value is -4.05. The van der Waals surface area contributed by atoms with Gasteiger partial charge in [0.05, 0.1) is 39.3 Å². The molecule has 3 aliphatic heterocycles. The first-order valence-electron chi connectivity index (χ1n) is 15.4. The van der Waals surface area contributed by atoms with Crippen molar-refractivity contribution >= 4 is 23.4 Å². The van der Waals surface area contributed by atoms with Crippen molar-refractivity contribution < 1.29 is 33.3 Å². The van der Waals surface area contributed by atoms with Crippen LogP contribution in [-0.4, -0.2) is 74.3 Å². The minimum atomic E-state index is -1.22. The average Bonchev–Trinajstić information content (AvgIpc) is 3.68. The average molecular weight is 604 g/mol. The summed E-state index contributed by atoms with van der Waals surface area (Å²) in [4.78, 5) is 44.0. The van der Waals surface area contributed by atoms with E-state index in [1.165, 1.54) is 0 Å². The summed E-state index contributed by atoms with van der Waals surface area (Å²) in [6.07, 6.45) is 7.72. The van der Waals surface area contributed by atoms with Gasteiger partial charge in [0.25, 0.3) is 0 Å². The van der Waals surface area contributed by atoms with Crippen LogP contribution in [0.3, 0.4) is 0 Å². The fourth-order valence-electron chi connectivity index (χ4n) is 7.51. The lowest BCUT2D eigenvalue weighted by atomic mass is 9.74. The summed E-state index contributed by atoms with van der Waals surface area (Å²) in [5.41, 5.74) is 0.266. The fourth-order valence-corrected chi connectivity index (χ4v) is 7.51. The summed E-state index contributed by atoms with van der Waals surface area (Å²) < 4.78 is 22.7. The number of ether oxygens (including phenoxy) is 4. The normalized spacial score (nSPS) is 30.2. The Morgan fingerprint density at radius 1 is 1.00 bits per heavy atom. The SMILES string of the molecule is COc1cccc(NC(=O)[C@@H]2[C@@H]3C=C[C@]4(O3)[C@@H]2C(=O)N(CCc2ccc(OC)c(OC)c2)[C@H]4C(=O)N[C@H]2CCCC[C@@H]2C)c1. The number of fused-ring (bicyclic) bond motifs is 1. The Morgan fingerprint density at radius 3 is 2.55 bits per heavy atom. The number of rotatable bonds is 10. The van der Waals surface area contributed by atoms with E-state index in [1.807, 2.05) is 30.4 Å². The first-order chi connectivity index (χ1) is 21.3. The second kappa shape index (κ2) is 12.1. The number of hydrogen-bond acceptors (Lipinski definition) is 7. The van der Waals surface area contributed by atoms with Crippen LogP contribution in [0.1, 0.15) is 38.2 Å². The molecule has 3 heterocycles. The van der Waals surface area contributed by atoms with Crippen LogP contribution in [0.5, 0.6) is 17.2 Å². The molecular weight excluding hydrogens is 562 g/mol. The first kappa shape index (κ1) is 30.0. The molecule has 2 N–H and O–H groups in total. The van der Waals surface area contributed by atoms with E-state index in [0.29, 0.717) is 35.3 Å². The Balaban J connectivity index is 1.29. The molecule has 3 fully saturated rings. The van der Waals surface area contributed by atoms with Gasteiger partial charge in [-0.15, -0.1) is 0 Å². The minimum absolute atomic E-state index is 0.0317. The van der Waals surface area contributed by atoms with Crippen molar-refractivity contribution in [3.05, 3.63) is 60.2 Å². The van der Waals surface area contributed by atoms with Crippen molar-refractivity contribution in [1.29, 1.82) is 0 Å². The molecule has 234 valence electrons. The first-order valence-corrected chi connectivity index (χ1v) is 15.4. The lowest BCUT2D eigenvalue weighted by Gasteiger charge is -2.36. The van der Waals surface area contributed by atoms with Gasteiger partial charge in [0.15, 0.2) is 11.5 Å². The third-order valence-corrected chi connectivity index (χ3v) is 9.79. The van der Waals surface area contributed by atoms with Gasteiger partial charge in [-0.3, -0.25) is 14.4 Å². The van der Waals surface area contributed by atoms with Crippen molar-refractivity contribution in [2.45, 2.75) is 62.8 Å². The van der Waals surface area contributed by atoms with E-state index in [4.69, 9.17) is 18.9 Å². The Kier molecular flexibility index (Phi) is 8.28. The van der Waals surface area contributed by atoms with Crippen molar-refractivity contribution in [1.82, 2.24) is 10.2 Å². The van der Waals surface area contributed by atoms with Crippen LogP contribution in [0, 0.1) is 17.8 Å². The Labute approximate surface area is 258 Å². The van der Waals surface area contributed by atoms with E-state index in [2.05, 4.69) is 17.6 Å². The van der Waals surface area contributed by atoms with E-state index < -0.39 is 29.6 Å². The number of hydrogen-bond donors (Lipinski definition) is 2. The predicted octanol–water partition coefficient (Wildman–Crippen LogP) is 3.74. The molecule has 10 heteroatoms. The summed E-state index contributed by atoms with van der Waals surface area (Å²) in [6.45, 7) is 2.44. The summed E-state index contributed by atoms with van der Waals surface area (Å²) in [5.74, 6) is -0.261. The van der Waals surface area contributed by atoms with Crippen LogP contribution < -0.4 is 24.8 Å². The number of amides is 3. The molecule has 7 atom stereocenters. The number of likely N-dealkylation sites (tertiary alicyclic amines) is 1. The number of carbonyl (C=O) groups is 3. The van der Waals surface area contributed by atoms with E-state index >= 15 is 0 Å². The molecule has 44 heavy (non-hydrogen) atoms. The zero-order valence-corrected chi connectivity index (χ0v) is 25.7. The second-order valence-corrected chi connectivity index (χ2v) is 12.3. The van der Waals surface area contributed by atoms with Gasteiger partial charge >= 0.3 is 0 Å². The third-order valence-electron chi connectivity index (χ3n) is 9.79. The maximum Gasteiger partial charge on any atom is 0.246 e. The molecule has 10 nitrogen and oxygen atoms in total. The van der Waals surface area contributed by atoms with Gasteiger partial charge < -0.3 is 34.5 Å². The van der Waals surface area contributed by atoms with E-state index in [-0.39, 0.29) is 30.3 Å². The van der Waals surface area contributed by atoms with E-state index in [9.17, 15) is 14.4 Å². The molecule has 0 radical (unpaired) electrons. The fraction of sp³-hybridized carbons (Fsp3) is 0.500. The molecule has 0 aromatic heterocycles. The van der Waals surface area contributed by atoms with Crippen LogP contribution in [0.2, 0.25) is 0 Å². The highest BCUT2D eigenvalue weighted by Gasteiger charge is 2.72. The highest BCUT2D eigenvalue weighted by Crippen LogP contribution is 2.55. The molecule has 6 rings (SSSR count). The molecule has 2 bridgehead atoms. The number of nitrogens with one attached hydrogen (secondary N) is 2. The topological polar surface area (TPSA) is 115 Å². The van der Waals surface area contributed by atoms with Gasteiger partial charge in [-0.1, -0.05) is 44.1 Å². The maximum atomic E-state index is 14.3. The lowest BCUT2D eigenvalue weighted by molar-refractivity contribution is -0.141. The molecule has 1 saturated carbocycles. The van der Waals surface area contributed by atoms with E-state index in [1.54, 1.807) is 50.5 Å². The number of anilines is 1. The van der Waals surface area contributed by atoms with Crippen LogP contribution in [0.25, 0.3) is 0 Å². The van der Waals surface area contributed by atoms with Gasteiger partial charge in [-0.25, -0.2) is 0 Å². The van der Waals surface area contributed by atoms with Gasteiger partial charge in [0.2, 0.25) is 17.7 Å². The molecular formula is C34H41N3O7. The number of nitrogens with zero attached hydrogens (tertiary/aromatic N) is 1. The minimum Gasteiger partial charge on any atom is -0.497 e. The summed E-state index contributed by atoms with van der Waals surface area (Å²) in [5, 5.41) is 6.24. The van der Waals surface area contributed by atoms with Gasteiger partial charge in [0.1, 0.15) is 17.4 Å². The monoisotopic (exact) mass is 603 g/mol. The predicted molar refractivity (Wildman–Crippen MR) is 164 cm³/mol. The largest absolute Gasteiger partial charge is 0.497 e. The zero-order valence-electron chi connectivity index (χ0n) is 25.7. The smallest absolute Gasteiger partial charge is 0.246 e. The molecule has 1 aliphatic carbocycles. The summed E-state index contributed by atoms with van der Waals surface area (Å²) >= 11 is 0. The van der Waals surface area contributed by atoms with Crippen LogP contribution in [-0.2, 0) is 25.5 Å². The van der Waals surface area contributed by atoms with Crippen molar-refractivity contribution in [2.24, 2.45) is 17.8 Å². The summed E-state index contributed by atoms with van der Waals surface area (Å²) in [6, 6.07) is 11.8. The Morgan fingerprint density at radius 2 is 1.80 bits per heavy atom. The molecule has 4 aliphatic rings. The van der Waals surface area contributed by atoms with Crippen LogP contribution in [0.4, 0.5) is 5.69 Å². The quantitative estimate of drug-likeness (QED) is 0.398. The molecule has 3 amide bonds. The third kappa shape index (κ3) is 5.19. The lowest BCUT2D eigenvalue weighted by Crippen LogP contribution is -2.57. The molecule has 0 unspecified atom stereocenters. The second-order valence-electron chi connectivity index (χ2n) is 12.3. The van der Waals surface area contributed by atoms with Crippen molar-refractivity contribution in [3.8, 4) is 17.2 Å². The van der Waals surface area contributed by atoms with Crippen molar-refractivity contribution in [3.63, 3.8) is 0 Å². The van der Waals surface area contributed by atoms with Crippen LogP contribution in [0.15, 0.2) is 54.6 Å². The molecule has 2 saturated heterocycles. The van der Waals surface area contributed by atoms with Crippen LogP contribution >= 0.6 is 0 Å². The molecule has 2 aromatic carbocycles. The van der Waals surface area contributed by atoms with Gasteiger partial charge in [-0.05, 0) is 55.0 Å². The molecule has 2 aromatic rings. The van der Waals surface area contributed by atoms with Gasteiger partial charge in [-0.2, -0.15) is 0 Å². The molecule has 1 spiro atoms. The van der Waals surface area contributed by atoms with E-state index in [0.717, 1.165) is 31.2 Å². The highest BCUT2D eigenvalue weighted by atomic mass is 16.5. The maximum absolute atomic E-state index is 14.3. The number of methoxy groups -OCH3 is 3. The highest BCUT2D eigenvalue weighted by molar-refractivity contribution is 6.02. The van der Waals surface area contributed by atoms with Gasteiger partial charge in [0, 0.05) is 24.3 Å². The number of carbonyl (C=O) groups excluding carboxylic acids is 3. The standard InChI is InChI=1S/C34H41N3O7/c1-20-8-5-6-11-24(20)36-32(39)30-34-16-14-26(44-34)28(31(38)35-22-9-7-10-23(19-22)41-2)29(34)33(40)37(30)17-15-21-12-13-25(42-3)27(18-21)43-4/h7,9-10,12-14,16,18-20,24,26,28-30H,5-6,8,11,15,17H2,1-4H3,(H,35,38)(H,36,39)/t20-,24-,26-,28+,29-,30-,34-/m0/s1.